The molecule has 3 rings (SSSR count). The largest absolute Gasteiger partial charge is 0.481 e. The molecule has 0 atom stereocenters. The third-order valence-corrected chi connectivity index (χ3v) is 6.90. The Morgan fingerprint density at radius 2 is 1.79 bits per heavy atom. The summed E-state index contributed by atoms with van der Waals surface area (Å²) in [4.78, 5) is 15.1. The SMILES string of the molecule is O=C(O)C1CCC(CN(Cc2ccc(F)cc2)S(=O)(=O)c2ccccn2)CC1. The van der Waals surface area contributed by atoms with Gasteiger partial charge >= 0.3 is 5.97 Å². The van der Waals surface area contributed by atoms with Crippen molar-refractivity contribution in [2.24, 2.45) is 11.8 Å². The molecule has 28 heavy (non-hydrogen) atoms. The molecule has 0 spiro atoms. The molecule has 1 aromatic heterocycles. The summed E-state index contributed by atoms with van der Waals surface area (Å²) in [6, 6.07) is 10.5. The van der Waals surface area contributed by atoms with Crippen LogP contribution in [0.3, 0.4) is 0 Å². The Morgan fingerprint density at radius 1 is 1.11 bits per heavy atom. The fourth-order valence-electron chi connectivity index (χ4n) is 3.55. The van der Waals surface area contributed by atoms with Crippen molar-refractivity contribution in [1.82, 2.24) is 9.29 Å². The quantitative estimate of drug-likeness (QED) is 0.762. The number of sulfonamides is 1. The molecule has 0 aliphatic heterocycles. The number of benzene rings is 1. The van der Waals surface area contributed by atoms with Crippen molar-refractivity contribution in [3.05, 3.63) is 60.0 Å². The molecule has 2 aromatic rings. The van der Waals surface area contributed by atoms with Crippen LogP contribution in [0.5, 0.6) is 0 Å². The molecule has 1 aliphatic rings. The van der Waals surface area contributed by atoms with Gasteiger partial charge in [0.2, 0.25) is 0 Å². The smallest absolute Gasteiger partial charge is 0.306 e. The number of hydrogen-bond acceptors (Lipinski definition) is 4. The summed E-state index contributed by atoms with van der Waals surface area (Å²) in [5, 5.41) is 9.13. The lowest BCUT2D eigenvalue weighted by atomic mass is 9.82. The first kappa shape index (κ1) is 20.4. The number of nitrogens with zero attached hydrogens (tertiary/aromatic N) is 2. The van der Waals surface area contributed by atoms with E-state index in [1.165, 1.54) is 28.7 Å². The standard InChI is InChI=1S/C20H23FN2O4S/c21-18-10-6-16(7-11-18)14-23(28(26,27)19-3-1-2-12-22-19)13-15-4-8-17(9-5-15)20(24)25/h1-3,6-7,10-12,15,17H,4-5,8-9,13-14H2,(H,24,25). The lowest BCUT2D eigenvalue weighted by Crippen LogP contribution is -2.37. The summed E-state index contributed by atoms with van der Waals surface area (Å²) in [7, 11) is -3.83. The second-order valence-corrected chi connectivity index (χ2v) is 9.03. The summed E-state index contributed by atoms with van der Waals surface area (Å²) in [6.45, 7) is 0.390. The number of carboxylic acids is 1. The number of aliphatic carboxylic acids is 1. The molecule has 0 unspecified atom stereocenters. The van der Waals surface area contributed by atoms with Gasteiger partial charge in [-0.15, -0.1) is 0 Å². The van der Waals surface area contributed by atoms with Gasteiger partial charge in [0.15, 0.2) is 5.03 Å². The van der Waals surface area contributed by atoms with Crippen LogP contribution in [0, 0.1) is 17.7 Å². The van der Waals surface area contributed by atoms with Crippen LogP contribution >= 0.6 is 0 Å². The van der Waals surface area contributed by atoms with Gasteiger partial charge in [0.1, 0.15) is 5.82 Å². The van der Waals surface area contributed by atoms with Gasteiger partial charge < -0.3 is 5.11 Å². The van der Waals surface area contributed by atoms with E-state index in [2.05, 4.69) is 4.98 Å². The Balaban J connectivity index is 1.80. The van der Waals surface area contributed by atoms with Crippen molar-refractivity contribution in [2.45, 2.75) is 37.3 Å². The summed E-state index contributed by atoms with van der Waals surface area (Å²) < 4.78 is 40.9. The molecule has 1 fully saturated rings. The fourth-order valence-corrected chi connectivity index (χ4v) is 4.99. The van der Waals surface area contributed by atoms with Crippen LogP contribution in [0.4, 0.5) is 4.39 Å². The maximum Gasteiger partial charge on any atom is 0.306 e. The van der Waals surface area contributed by atoms with Crippen molar-refractivity contribution in [1.29, 1.82) is 0 Å². The average molecular weight is 406 g/mol. The summed E-state index contributed by atoms with van der Waals surface area (Å²) in [5.74, 6) is -1.44. The molecular weight excluding hydrogens is 383 g/mol. The number of carbonyl (C=O) groups is 1. The van der Waals surface area contributed by atoms with Gasteiger partial charge in [0.05, 0.1) is 5.92 Å². The molecule has 6 nitrogen and oxygen atoms in total. The minimum Gasteiger partial charge on any atom is -0.481 e. The highest BCUT2D eigenvalue weighted by molar-refractivity contribution is 7.89. The molecule has 8 heteroatoms. The molecule has 1 N–H and O–H groups in total. The zero-order chi connectivity index (χ0) is 20.1. The third kappa shape index (κ3) is 4.94. The zero-order valence-electron chi connectivity index (χ0n) is 15.4. The van der Waals surface area contributed by atoms with Crippen molar-refractivity contribution in [2.75, 3.05) is 6.54 Å². The maximum absolute atomic E-state index is 13.2. The Bertz CT molecular complexity index is 896. The first-order valence-electron chi connectivity index (χ1n) is 9.24. The van der Waals surface area contributed by atoms with E-state index in [1.54, 1.807) is 24.3 Å². The molecular formula is C20H23FN2O4S. The van der Waals surface area contributed by atoms with E-state index in [1.807, 2.05) is 0 Å². The second kappa shape index (κ2) is 8.79. The fraction of sp³-hybridized carbons (Fsp3) is 0.400. The summed E-state index contributed by atoms with van der Waals surface area (Å²) in [5.41, 5.74) is 0.681. The van der Waals surface area contributed by atoms with Crippen LogP contribution < -0.4 is 0 Å². The minimum absolute atomic E-state index is 0.0312. The molecule has 0 radical (unpaired) electrons. The van der Waals surface area contributed by atoms with Crippen LogP contribution in [0.1, 0.15) is 31.2 Å². The van der Waals surface area contributed by atoms with Crippen LogP contribution in [0.2, 0.25) is 0 Å². The molecule has 1 aliphatic carbocycles. The van der Waals surface area contributed by atoms with E-state index in [4.69, 9.17) is 5.11 Å². The van der Waals surface area contributed by atoms with Crippen molar-refractivity contribution in [3.63, 3.8) is 0 Å². The average Bonchev–Trinajstić information content (AvgIpc) is 2.70. The van der Waals surface area contributed by atoms with Gasteiger partial charge in [-0.25, -0.2) is 17.8 Å². The van der Waals surface area contributed by atoms with Gasteiger partial charge in [0, 0.05) is 19.3 Å². The van der Waals surface area contributed by atoms with Gasteiger partial charge in [0.25, 0.3) is 10.0 Å². The third-order valence-electron chi connectivity index (χ3n) is 5.17. The molecule has 0 saturated heterocycles. The maximum atomic E-state index is 13.2. The van der Waals surface area contributed by atoms with E-state index in [0.29, 0.717) is 31.2 Å². The predicted octanol–water partition coefficient (Wildman–Crippen LogP) is 3.30. The molecule has 0 bridgehead atoms. The molecule has 150 valence electrons. The van der Waals surface area contributed by atoms with E-state index in [-0.39, 0.29) is 35.8 Å². The van der Waals surface area contributed by atoms with Crippen molar-refractivity contribution >= 4 is 16.0 Å². The monoisotopic (exact) mass is 406 g/mol. The second-order valence-electron chi connectivity index (χ2n) is 7.15. The lowest BCUT2D eigenvalue weighted by molar-refractivity contribution is -0.143. The molecule has 1 aromatic carbocycles. The number of aromatic nitrogens is 1. The highest BCUT2D eigenvalue weighted by Crippen LogP contribution is 2.31. The highest BCUT2D eigenvalue weighted by atomic mass is 32.2. The number of hydrogen-bond donors (Lipinski definition) is 1. The number of carboxylic acid groups (broad SMARTS) is 1. The Morgan fingerprint density at radius 3 is 2.36 bits per heavy atom. The molecule has 1 saturated carbocycles. The minimum atomic E-state index is -3.83. The highest BCUT2D eigenvalue weighted by Gasteiger charge is 2.32. The van der Waals surface area contributed by atoms with Crippen LogP contribution in [-0.4, -0.2) is 35.3 Å². The van der Waals surface area contributed by atoms with E-state index < -0.39 is 16.0 Å². The predicted molar refractivity (Wildman–Crippen MR) is 101 cm³/mol. The van der Waals surface area contributed by atoms with Gasteiger partial charge in [-0.1, -0.05) is 18.2 Å². The Hall–Kier alpha value is -2.32. The van der Waals surface area contributed by atoms with E-state index in [0.717, 1.165) is 0 Å². The normalized spacial score (nSPS) is 20.2. The zero-order valence-corrected chi connectivity index (χ0v) is 16.2. The summed E-state index contributed by atoms with van der Waals surface area (Å²) in [6.07, 6.45) is 3.85. The van der Waals surface area contributed by atoms with E-state index >= 15 is 0 Å². The number of rotatable bonds is 7. The van der Waals surface area contributed by atoms with Gasteiger partial charge in [-0.05, 0) is 61.4 Å². The van der Waals surface area contributed by atoms with Crippen molar-refractivity contribution < 1.29 is 22.7 Å². The first-order valence-corrected chi connectivity index (χ1v) is 10.7. The number of pyridine rings is 1. The lowest BCUT2D eigenvalue weighted by Gasteiger charge is -2.31. The van der Waals surface area contributed by atoms with Gasteiger partial charge in [-0.2, -0.15) is 4.31 Å². The van der Waals surface area contributed by atoms with Crippen LogP contribution in [0.25, 0.3) is 0 Å². The number of halogens is 1. The molecule has 0 amide bonds. The van der Waals surface area contributed by atoms with Crippen molar-refractivity contribution in [3.8, 4) is 0 Å². The first-order chi connectivity index (χ1) is 13.4. The Kier molecular flexibility index (Phi) is 6.41. The Labute approximate surface area is 164 Å². The molecule has 1 heterocycles. The van der Waals surface area contributed by atoms with Crippen LogP contribution in [0.15, 0.2) is 53.7 Å². The van der Waals surface area contributed by atoms with E-state index in [9.17, 15) is 17.6 Å². The van der Waals surface area contributed by atoms with Gasteiger partial charge in [-0.3, -0.25) is 4.79 Å². The topological polar surface area (TPSA) is 87.6 Å². The summed E-state index contributed by atoms with van der Waals surface area (Å²) >= 11 is 0. The van der Waals surface area contributed by atoms with Crippen LogP contribution in [-0.2, 0) is 21.4 Å².